The third kappa shape index (κ3) is 2.90. The second kappa shape index (κ2) is 4.45. The normalized spacial score (nSPS) is 18.1. The van der Waals surface area contributed by atoms with Gasteiger partial charge in [-0.3, -0.25) is 0 Å². The maximum atomic E-state index is 6.08. The van der Waals surface area contributed by atoms with Crippen LogP contribution in [0.3, 0.4) is 0 Å². The molecule has 0 saturated carbocycles. The maximum Gasteiger partial charge on any atom is -0.00141 e. The van der Waals surface area contributed by atoms with Crippen LogP contribution in [-0.4, -0.2) is 6.54 Å². The first-order valence-corrected chi connectivity index (χ1v) is 6.71. The Bertz CT molecular complexity index is 362. The molecule has 0 aliphatic heterocycles. The Balaban J connectivity index is 2.10. The molecule has 0 bridgehead atoms. The highest BCUT2D eigenvalue weighted by molar-refractivity contribution is 5.34. The van der Waals surface area contributed by atoms with Gasteiger partial charge in [-0.2, -0.15) is 0 Å². The molecule has 0 spiro atoms. The molecule has 17 heavy (non-hydrogen) atoms. The van der Waals surface area contributed by atoms with E-state index in [9.17, 15) is 0 Å². The predicted molar refractivity (Wildman–Crippen MR) is 74.0 cm³/mol. The Kier molecular flexibility index (Phi) is 3.31. The quantitative estimate of drug-likeness (QED) is 0.845. The van der Waals surface area contributed by atoms with Crippen LogP contribution in [-0.2, 0) is 12.8 Å². The molecule has 2 rings (SSSR count). The fourth-order valence-corrected chi connectivity index (χ4v) is 2.84. The average molecular weight is 231 g/mol. The fraction of sp³-hybridized carbons (Fsp3) is 0.625. The summed E-state index contributed by atoms with van der Waals surface area (Å²) >= 11 is 0. The molecular weight excluding hydrogens is 206 g/mol. The van der Waals surface area contributed by atoms with Crippen molar-refractivity contribution in [2.45, 2.75) is 46.5 Å². The van der Waals surface area contributed by atoms with Crippen LogP contribution in [0.25, 0.3) is 0 Å². The lowest BCUT2D eigenvalue weighted by atomic mass is 9.75. The maximum absolute atomic E-state index is 6.08. The second-order valence-electron chi connectivity index (χ2n) is 6.89. The number of rotatable bonds is 3. The summed E-state index contributed by atoms with van der Waals surface area (Å²) in [5.41, 5.74) is 9.86. The van der Waals surface area contributed by atoms with Crippen LogP contribution in [0.4, 0.5) is 0 Å². The van der Waals surface area contributed by atoms with Gasteiger partial charge in [-0.1, -0.05) is 45.0 Å². The van der Waals surface area contributed by atoms with Crippen molar-refractivity contribution in [3.05, 3.63) is 35.4 Å². The highest BCUT2D eigenvalue weighted by atomic mass is 14.6. The third-order valence-corrected chi connectivity index (χ3v) is 4.09. The molecule has 0 radical (unpaired) electrons. The van der Waals surface area contributed by atoms with E-state index in [2.05, 4.69) is 45.0 Å². The van der Waals surface area contributed by atoms with Crippen molar-refractivity contribution < 1.29 is 0 Å². The van der Waals surface area contributed by atoms with Crippen LogP contribution in [0.15, 0.2) is 24.3 Å². The molecule has 0 atom stereocenters. The van der Waals surface area contributed by atoms with Crippen LogP contribution in [0.5, 0.6) is 0 Å². The van der Waals surface area contributed by atoms with Gasteiger partial charge in [0.2, 0.25) is 0 Å². The van der Waals surface area contributed by atoms with Gasteiger partial charge in [-0.25, -0.2) is 0 Å². The Morgan fingerprint density at radius 1 is 1.12 bits per heavy atom. The van der Waals surface area contributed by atoms with E-state index in [4.69, 9.17) is 5.73 Å². The SMILES string of the molecule is CC(C)(C)CCC1(CN)Cc2ccccc2C1. The summed E-state index contributed by atoms with van der Waals surface area (Å²) in [7, 11) is 0. The summed E-state index contributed by atoms with van der Waals surface area (Å²) in [5, 5.41) is 0. The van der Waals surface area contributed by atoms with E-state index in [0.29, 0.717) is 10.8 Å². The number of hydrogen-bond donors (Lipinski definition) is 1. The molecule has 0 unspecified atom stereocenters. The summed E-state index contributed by atoms with van der Waals surface area (Å²) in [6.45, 7) is 7.77. The molecule has 1 aliphatic rings. The van der Waals surface area contributed by atoms with Crippen molar-refractivity contribution in [3.63, 3.8) is 0 Å². The van der Waals surface area contributed by atoms with E-state index >= 15 is 0 Å². The Morgan fingerprint density at radius 2 is 1.65 bits per heavy atom. The summed E-state index contributed by atoms with van der Waals surface area (Å²) in [6, 6.07) is 8.83. The molecule has 0 fully saturated rings. The van der Waals surface area contributed by atoms with Gasteiger partial charge < -0.3 is 5.73 Å². The second-order valence-corrected chi connectivity index (χ2v) is 6.89. The zero-order chi connectivity index (χ0) is 12.5. The molecule has 94 valence electrons. The summed E-state index contributed by atoms with van der Waals surface area (Å²) < 4.78 is 0. The van der Waals surface area contributed by atoms with Crippen molar-refractivity contribution in [1.82, 2.24) is 0 Å². The molecule has 1 nitrogen and oxygen atoms in total. The molecule has 1 aromatic carbocycles. The molecule has 0 aromatic heterocycles. The molecule has 2 N–H and O–H groups in total. The summed E-state index contributed by atoms with van der Waals surface area (Å²) in [5.74, 6) is 0. The van der Waals surface area contributed by atoms with Gasteiger partial charge in [-0.05, 0) is 54.2 Å². The fourth-order valence-electron chi connectivity index (χ4n) is 2.84. The van der Waals surface area contributed by atoms with Crippen LogP contribution in [0, 0.1) is 10.8 Å². The minimum atomic E-state index is 0.330. The average Bonchev–Trinajstić information content (AvgIpc) is 2.65. The zero-order valence-electron chi connectivity index (χ0n) is 11.4. The lowest BCUT2D eigenvalue weighted by molar-refractivity contribution is 0.230. The Morgan fingerprint density at radius 3 is 2.06 bits per heavy atom. The predicted octanol–water partition coefficient (Wildman–Crippen LogP) is 3.56. The van der Waals surface area contributed by atoms with Gasteiger partial charge >= 0.3 is 0 Å². The van der Waals surface area contributed by atoms with Gasteiger partial charge in [0.25, 0.3) is 0 Å². The van der Waals surface area contributed by atoms with Crippen molar-refractivity contribution in [2.24, 2.45) is 16.6 Å². The van der Waals surface area contributed by atoms with E-state index in [0.717, 1.165) is 6.54 Å². The number of benzene rings is 1. The topological polar surface area (TPSA) is 26.0 Å². The lowest BCUT2D eigenvalue weighted by Crippen LogP contribution is -2.32. The van der Waals surface area contributed by atoms with Gasteiger partial charge in [0.1, 0.15) is 0 Å². The van der Waals surface area contributed by atoms with Crippen LogP contribution < -0.4 is 5.73 Å². The largest absolute Gasteiger partial charge is 0.330 e. The van der Waals surface area contributed by atoms with E-state index in [1.807, 2.05) is 0 Å². The Hall–Kier alpha value is -0.820. The minimum Gasteiger partial charge on any atom is -0.330 e. The van der Waals surface area contributed by atoms with Crippen LogP contribution in [0.2, 0.25) is 0 Å². The van der Waals surface area contributed by atoms with E-state index in [1.165, 1.54) is 36.8 Å². The van der Waals surface area contributed by atoms with E-state index < -0.39 is 0 Å². The van der Waals surface area contributed by atoms with Gasteiger partial charge in [0.05, 0.1) is 0 Å². The highest BCUT2D eigenvalue weighted by Gasteiger charge is 2.36. The number of hydrogen-bond acceptors (Lipinski definition) is 1. The molecule has 0 amide bonds. The number of fused-ring (bicyclic) bond motifs is 1. The molecule has 1 heteroatoms. The molecular formula is C16H25N. The monoisotopic (exact) mass is 231 g/mol. The summed E-state index contributed by atoms with van der Waals surface area (Å²) in [4.78, 5) is 0. The molecule has 0 saturated heterocycles. The first-order valence-electron chi connectivity index (χ1n) is 6.71. The van der Waals surface area contributed by atoms with E-state index in [-0.39, 0.29) is 0 Å². The van der Waals surface area contributed by atoms with Crippen molar-refractivity contribution in [2.75, 3.05) is 6.54 Å². The van der Waals surface area contributed by atoms with Crippen molar-refractivity contribution >= 4 is 0 Å². The zero-order valence-corrected chi connectivity index (χ0v) is 11.4. The standard InChI is InChI=1S/C16H25N/c1-15(2,3)8-9-16(12-17)10-13-6-4-5-7-14(13)11-16/h4-7H,8-12,17H2,1-3H3. The van der Waals surface area contributed by atoms with Crippen LogP contribution >= 0.6 is 0 Å². The third-order valence-electron chi connectivity index (χ3n) is 4.09. The Labute approximate surface area is 105 Å². The first kappa shape index (κ1) is 12.6. The smallest absolute Gasteiger partial charge is 0.00141 e. The van der Waals surface area contributed by atoms with E-state index in [1.54, 1.807) is 0 Å². The molecule has 1 aromatic rings. The highest BCUT2D eigenvalue weighted by Crippen LogP contribution is 2.41. The molecule has 1 aliphatic carbocycles. The minimum absolute atomic E-state index is 0.330. The number of nitrogens with two attached hydrogens (primary N) is 1. The first-order chi connectivity index (χ1) is 7.94. The van der Waals surface area contributed by atoms with Gasteiger partial charge in [0, 0.05) is 0 Å². The van der Waals surface area contributed by atoms with Crippen molar-refractivity contribution in [3.8, 4) is 0 Å². The molecule has 0 heterocycles. The van der Waals surface area contributed by atoms with Crippen molar-refractivity contribution in [1.29, 1.82) is 0 Å². The lowest BCUT2D eigenvalue weighted by Gasteiger charge is -2.31. The van der Waals surface area contributed by atoms with Crippen LogP contribution in [0.1, 0.15) is 44.7 Å². The summed E-state index contributed by atoms with van der Waals surface area (Å²) in [6.07, 6.45) is 4.87. The van der Waals surface area contributed by atoms with Gasteiger partial charge in [0.15, 0.2) is 0 Å². The van der Waals surface area contributed by atoms with Gasteiger partial charge in [-0.15, -0.1) is 0 Å².